The minimum atomic E-state index is 0.308. The van der Waals surface area contributed by atoms with Crippen LogP contribution in [0.2, 0.25) is 0 Å². The SMILES string of the molecule is CC(C)CNCCc1ccccc1COC(C)C(C)C. The molecule has 0 radical (unpaired) electrons. The van der Waals surface area contributed by atoms with Gasteiger partial charge in [0.25, 0.3) is 0 Å². The van der Waals surface area contributed by atoms with Crippen molar-refractivity contribution in [3.8, 4) is 0 Å². The Morgan fingerprint density at radius 2 is 1.65 bits per heavy atom. The maximum atomic E-state index is 5.95. The maximum Gasteiger partial charge on any atom is 0.0723 e. The quantitative estimate of drug-likeness (QED) is 0.688. The lowest BCUT2D eigenvalue weighted by atomic mass is 10.0. The van der Waals surface area contributed by atoms with Crippen LogP contribution in [-0.4, -0.2) is 19.2 Å². The molecule has 2 heteroatoms. The van der Waals surface area contributed by atoms with Crippen molar-refractivity contribution in [2.75, 3.05) is 13.1 Å². The molecule has 1 atom stereocenters. The second-order valence-corrected chi connectivity index (χ2v) is 6.38. The minimum Gasteiger partial charge on any atom is -0.374 e. The van der Waals surface area contributed by atoms with E-state index in [0.29, 0.717) is 17.9 Å². The average Bonchev–Trinajstić information content (AvgIpc) is 2.41. The van der Waals surface area contributed by atoms with Crippen LogP contribution in [-0.2, 0) is 17.8 Å². The molecule has 1 rings (SSSR count). The zero-order valence-electron chi connectivity index (χ0n) is 13.8. The highest BCUT2D eigenvalue weighted by molar-refractivity contribution is 5.26. The Labute approximate surface area is 124 Å². The fourth-order valence-electron chi connectivity index (χ4n) is 1.97. The second kappa shape index (κ2) is 9.15. The Hall–Kier alpha value is -0.860. The third kappa shape index (κ3) is 6.53. The van der Waals surface area contributed by atoms with E-state index in [1.807, 2.05) is 0 Å². The molecule has 0 aromatic heterocycles. The molecule has 0 amide bonds. The van der Waals surface area contributed by atoms with Gasteiger partial charge in [0.1, 0.15) is 0 Å². The molecule has 2 nitrogen and oxygen atoms in total. The summed E-state index contributed by atoms with van der Waals surface area (Å²) in [7, 11) is 0. The van der Waals surface area contributed by atoms with E-state index in [1.165, 1.54) is 11.1 Å². The van der Waals surface area contributed by atoms with Crippen LogP contribution < -0.4 is 5.32 Å². The fourth-order valence-corrected chi connectivity index (χ4v) is 1.97. The highest BCUT2D eigenvalue weighted by Crippen LogP contribution is 2.14. The molecule has 0 aliphatic heterocycles. The molecule has 0 saturated carbocycles. The van der Waals surface area contributed by atoms with E-state index in [2.05, 4.69) is 64.2 Å². The first kappa shape index (κ1) is 17.2. The molecule has 0 bridgehead atoms. The Bertz CT molecular complexity index is 373. The summed E-state index contributed by atoms with van der Waals surface area (Å²) in [4.78, 5) is 0. The van der Waals surface area contributed by atoms with Gasteiger partial charge in [-0.1, -0.05) is 52.0 Å². The number of ether oxygens (including phenoxy) is 1. The number of hydrogen-bond acceptors (Lipinski definition) is 2. The molecule has 0 heterocycles. The molecule has 0 saturated heterocycles. The van der Waals surface area contributed by atoms with Crippen molar-refractivity contribution in [1.82, 2.24) is 5.32 Å². The molecular formula is C18H31NO. The van der Waals surface area contributed by atoms with Crippen LogP contribution >= 0.6 is 0 Å². The van der Waals surface area contributed by atoms with Crippen LogP contribution in [0.5, 0.6) is 0 Å². The molecule has 1 aromatic carbocycles. The molecule has 1 aromatic rings. The molecule has 0 aliphatic rings. The molecule has 0 fully saturated rings. The van der Waals surface area contributed by atoms with Gasteiger partial charge in [0.15, 0.2) is 0 Å². The first-order chi connectivity index (χ1) is 9.50. The van der Waals surface area contributed by atoms with Gasteiger partial charge < -0.3 is 10.1 Å². The highest BCUT2D eigenvalue weighted by Gasteiger charge is 2.09. The van der Waals surface area contributed by atoms with Gasteiger partial charge in [-0.25, -0.2) is 0 Å². The van der Waals surface area contributed by atoms with Crippen molar-refractivity contribution in [3.63, 3.8) is 0 Å². The van der Waals surface area contributed by atoms with E-state index in [9.17, 15) is 0 Å². The Morgan fingerprint density at radius 1 is 1.00 bits per heavy atom. The summed E-state index contributed by atoms with van der Waals surface area (Å²) in [5, 5.41) is 3.50. The van der Waals surface area contributed by atoms with Crippen LogP contribution in [0, 0.1) is 11.8 Å². The van der Waals surface area contributed by atoms with Crippen LogP contribution in [0.15, 0.2) is 24.3 Å². The Morgan fingerprint density at radius 3 is 2.25 bits per heavy atom. The second-order valence-electron chi connectivity index (χ2n) is 6.38. The van der Waals surface area contributed by atoms with Crippen molar-refractivity contribution in [3.05, 3.63) is 35.4 Å². The fraction of sp³-hybridized carbons (Fsp3) is 0.667. The van der Waals surface area contributed by atoms with Gasteiger partial charge in [-0.3, -0.25) is 0 Å². The number of rotatable bonds is 9. The van der Waals surface area contributed by atoms with Gasteiger partial charge in [0.05, 0.1) is 12.7 Å². The zero-order valence-corrected chi connectivity index (χ0v) is 13.8. The van der Waals surface area contributed by atoms with Crippen LogP contribution in [0.25, 0.3) is 0 Å². The number of nitrogens with one attached hydrogen (secondary N) is 1. The van der Waals surface area contributed by atoms with Crippen LogP contribution in [0.3, 0.4) is 0 Å². The predicted molar refractivity (Wildman–Crippen MR) is 86.9 cm³/mol. The van der Waals surface area contributed by atoms with E-state index in [4.69, 9.17) is 4.74 Å². The summed E-state index contributed by atoms with van der Waals surface area (Å²) < 4.78 is 5.95. The molecule has 0 aliphatic carbocycles. The van der Waals surface area contributed by atoms with E-state index in [-0.39, 0.29) is 0 Å². The topological polar surface area (TPSA) is 21.3 Å². The molecule has 0 spiro atoms. The first-order valence-corrected chi connectivity index (χ1v) is 7.89. The smallest absolute Gasteiger partial charge is 0.0723 e. The highest BCUT2D eigenvalue weighted by atomic mass is 16.5. The van der Waals surface area contributed by atoms with E-state index in [0.717, 1.165) is 26.1 Å². The zero-order chi connectivity index (χ0) is 15.0. The average molecular weight is 277 g/mol. The summed E-state index contributed by atoms with van der Waals surface area (Å²) in [6, 6.07) is 8.62. The summed E-state index contributed by atoms with van der Waals surface area (Å²) in [5.41, 5.74) is 2.73. The van der Waals surface area contributed by atoms with Crippen molar-refractivity contribution < 1.29 is 4.74 Å². The lowest BCUT2D eigenvalue weighted by Gasteiger charge is -2.18. The van der Waals surface area contributed by atoms with Crippen LogP contribution in [0.1, 0.15) is 45.7 Å². The predicted octanol–water partition coefficient (Wildman–Crippen LogP) is 4.04. The van der Waals surface area contributed by atoms with Crippen molar-refractivity contribution >= 4 is 0 Å². The monoisotopic (exact) mass is 277 g/mol. The number of hydrogen-bond donors (Lipinski definition) is 1. The molecular weight excluding hydrogens is 246 g/mol. The van der Waals surface area contributed by atoms with Gasteiger partial charge in [0.2, 0.25) is 0 Å². The molecule has 1 unspecified atom stereocenters. The van der Waals surface area contributed by atoms with Crippen molar-refractivity contribution in [2.45, 2.75) is 53.8 Å². The third-order valence-electron chi connectivity index (χ3n) is 3.68. The Kier molecular flexibility index (Phi) is 7.86. The summed E-state index contributed by atoms with van der Waals surface area (Å²) in [6.45, 7) is 13.9. The van der Waals surface area contributed by atoms with Gasteiger partial charge in [-0.15, -0.1) is 0 Å². The molecule has 114 valence electrons. The standard InChI is InChI=1S/C18H31NO/c1-14(2)12-19-11-10-17-8-6-7-9-18(17)13-20-16(5)15(3)4/h6-9,14-16,19H,10-13H2,1-5H3. The van der Waals surface area contributed by atoms with Crippen LogP contribution in [0.4, 0.5) is 0 Å². The van der Waals surface area contributed by atoms with E-state index < -0.39 is 0 Å². The van der Waals surface area contributed by atoms with Gasteiger partial charge >= 0.3 is 0 Å². The van der Waals surface area contributed by atoms with E-state index >= 15 is 0 Å². The van der Waals surface area contributed by atoms with Gasteiger partial charge in [-0.05, 0) is 49.4 Å². The Balaban J connectivity index is 2.46. The summed E-state index contributed by atoms with van der Waals surface area (Å²) in [6.07, 6.45) is 1.38. The summed E-state index contributed by atoms with van der Waals surface area (Å²) in [5.74, 6) is 1.27. The number of benzene rings is 1. The lowest BCUT2D eigenvalue weighted by Crippen LogP contribution is -2.22. The van der Waals surface area contributed by atoms with E-state index in [1.54, 1.807) is 0 Å². The normalized spacial score (nSPS) is 13.2. The minimum absolute atomic E-state index is 0.308. The lowest BCUT2D eigenvalue weighted by molar-refractivity contribution is 0.0232. The first-order valence-electron chi connectivity index (χ1n) is 7.89. The maximum absolute atomic E-state index is 5.95. The third-order valence-corrected chi connectivity index (χ3v) is 3.68. The van der Waals surface area contributed by atoms with Gasteiger partial charge in [-0.2, -0.15) is 0 Å². The molecule has 20 heavy (non-hydrogen) atoms. The molecule has 1 N–H and O–H groups in total. The summed E-state index contributed by atoms with van der Waals surface area (Å²) >= 11 is 0. The van der Waals surface area contributed by atoms with Gasteiger partial charge in [0, 0.05) is 0 Å². The largest absolute Gasteiger partial charge is 0.374 e. The van der Waals surface area contributed by atoms with Crippen molar-refractivity contribution in [1.29, 1.82) is 0 Å². The van der Waals surface area contributed by atoms with Crippen molar-refractivity contribution in [2.24, 2.45) is 11.8 Å².